The van der Waals surface area contributed by atoms with E-state index in [2.05, 4.69) is 0 Å². The Morgan fingerprint density at radius 1 is 1.19 bits per heavy atom. The monoisotopic (exact) mass is 366 g/mol. The molecule has 0 spiro atoms. The summed E-state index contributed by atoms with van der Waals surface area (Å²) in [6.45, 7) is 5.13. The number of aryl methyl sites for hydroxylation is 2. The number of esters is 1. The number of hydrogen-bond acceptors (Lipinski definition) is 5. The quantitative estimate of drug-likeness (QED) is 0.485. The zero-order valence-electron chi connectivity index (χ0n) is 15.9. The predicted octanol–water partition coefficient (Wildman–Crippen LogP) is 4.65. The van der Waals surface area contributed by atoms with E-state index < -0.39 is 5.97 Å². The molecule has 1 heterocycles. The zero-order valence-corrected chi connectivity index (χ0v) is 15.9. The summed E-state index contributed by atoms with van der Waals surface area (Å²) >= 11 is 0. The highest BCUT2D eigenvalue weighted by Gasteiger charge is 2.17. The fraction of sp³-hybridized carbons (Fsp3) is 0.273. The first-order valence-electron chi connectivity index (χ1n) is 8.87. The summed E-state index contributed by atoms with van der Waals surface area (Å²) in [5, 5.41) is 0.470. The van der Waals surface area contributed by atoms with Crippen molar-refractivity contribution in [2.24, 2.45) is 0 Å². The highest BCUT2D eigenvalue weighted by atomic mass is 16.5. The lowest BCUT2D eigenvalue weighted by molar-refractivity contribution is -0.131. The molecule has 1 aromatic heterocycles. The van der Waals surface area contributed by atoms with Crippen LogP contribution in [0.2, 0.25) is 0 Å². The molecule has 0 aliphatic rings. The highest BCUT2D eigenvalue weighted by Crippen LogP contribution is 2.31. The van der Waals surface area contributed by atoms with Crippen molar-refractivity contribution in [1.82, 2.24) is 0 Å². The molecule has 0 bridgehead atoms. The number of ether oxygens (including phenoxy) is 2. The summed E-state index contributed by atoms with van der Waals surface area (Å²) in [5.41, 5.74) is 2.34. The minimum absolute atomic E-state index is 0.117. The van der Waals surface area contributed by atoms with Crippen molar-refractivity contribution in [1.29, 1.82) is 0 Å². The standard InChI is InChI=1S/C22H22O5/c1-5-7-15-11-18-20(12-19(15)27-14(3)23)26-13(2)21(22(18)24)16-8-6-9-17(10-16)25-4/h6,8-12H,5,7H2,1-4H3. The smallest absolute Gasteiger partial charge is 0.308 e. The topological polar surface area (TPSA) is 65.7 Å². The van der Waals surface area contributed by atoms with Gasteiger partial charge in [-0.05, 0) is 42.7 Å². The molecule has 0 aliphatic carbocycles. The number of rotatable bonds is 5. The largest absolute Gasteiger partial charge is 0.497 e. The van der Waals surface area contributed by atoms with Crippen LogP contribution in [0.1, 0.15) is 31.6 Å². The Kier molecular flexibility index (Phi) is 5.31. The van der Waals surface area contributed by atoms with E-state index in [4.69, 9.17) is 13.9 Å². The number of carbonyl (C=O) groups is 1. The number of methoxy groups -OCH3 is 1. The van der Waals surface area contributed by atoms with Crippen molar-refractivity contribution in [2.75, 3.05) is 7.11 Å². The number of hydrogen-bond donors (Lipinski definition) is 0. The molecule has 0 radical (unpaired) electrons. The molecular weight excluding hydrogens is 344 g/mol. The van der Waals surface area contributed by atoms with Crippen molar-refractivity contribution >= 4 is 16.9 Å². The van der Waals surface area contributed by atoms with Crippen LogP contribution < -0.4 is 14.9 Å². The third-order valence-electron chi connectivity index (χ3n) is 4.38. The first-order valence-corrected chi connectivity index (χ1v) is 8.87. The van der Waals surface area contributed by atoms with Crippen LogP contribution in [0.4, 0.5) is 0 Å². The first-order chi connectivity index (χ1) is 12.9. The van der Waals surface area contributed by atoms with Gasteiger partial charge in [-0.2, -0.15) is 0 Å². The molecular formula is C22H22O5. The summed E-state index contributed by atoms with van der Waals surface area (Å²) in [7, 11) is 1.59. The molecule has 3 aromatic rings. The fourth-order valence-corrected chi connectivity index (χ4v) is 3.21. The van der Waals surface area contributed by atoms with Crippen molar-refractivity contribution in [3.05, 3.63) is 57.9 Å². The minimum atomic E-state index is -0.404. The molecule has 0 saturated carbocycles. The Labute approximate surface area is 157 Å². The van der Waals surface area contributed by atoms with E-state index in [1.54, 1.807) is 26.2 Å². The molecule has 0 atom stereocenters. The number of fused-ring (bicyclic) bond motifs is 1. The van der Waals surface area contributed by atoms with Gasteiger partial charge < -0.3 is 13.9 Å². The molecule has 0 fully saturated rings. The maximum atomic E-state index is 13.2. The lowest BCUT2D eigenvalue weighted by Gasteiger charge is -2.12. The molecule has 0 amide bonds. The molecule has 27 heavy (non-hydrogen) atoms. The van der Waals surface area contributed by atoms with Crippen molar-refractivity contribution < 1.29 is 18.7 Å². The van der Waals surface area contributed by atoms with E-state index in [9.17, 15) is 9.59 Å². The SMILES string of the molecule is CCCc1cc2c(=O)c(-c3cccc(OC)c3)c(C)oc2cc1OC(C)=O. The molecule has 0 unspecified atom stereocenters. The van der Waals surface area contributed by atoms with Crippen molar-refractivity contribution in [2.45, 2.75) is 33.6 Å². The fourth-order valence-electron chi connectivity index (χ4n) is 3.21. The molecule has 0 saturated heterocycles. The van der Waals surface area contributed by atoms with Crippen LogP contribution in [-0.2, 0) is 11.2 Å². The normalized spacial score (nSPS) is 10.8. The summed E-state index contributed by atoms with van der Waals surface area (Å²) in [5.74, 6) is 1.20. The lowest BCUT2D eigenvalue weighted by atomic mass is 10.00. The number of carbonyl (C=O) groups excluding carboxylic acids is 1. The molecule has 0 aliphatic heterocycles. The van der Waals surface area contributed by atoms with Crippen LogP contribution in [0.3, 0.4) is 0 Å². The Hall–Kier alpha value is -3.08. The van der Waals surface area contributed by atoms with E-state index in [1.165, 1.54) is 6.92 Å². The Morgan fingerprint density at radius 2 is 1.96 bits per heavy atom. The minimum Gasteiger partial charge on any atom is -0.497 e. The van der Waals surface area contributed by atoms with E-state index >= 15 is 0 Å². The van der Waals surface area contributed by atoms with Crippen LogP contribution in [0.15, 0.2) is 45.6 Å². The van der Waals surface area contributed by atoms with E-state index in [-0.39, 0.29) is 5.43 Å². The highest BCUT2D eigenvalue weighted by molar-refractivity contribution is 5.85. The van der Waals surface area contributed by atoms with Crippen LogP contribution in [0.5, 0.6) is 11.5 Å². The van der Waals surface area contributed by atoms with Gasteiger partial charge in [-0.1, -0.05) is 25.5 Å². The maximum Gasteiger partial charge on any atom is 0.308 e. The van der Waals surface area contributed by atoms with E-state index in [0.717, 1.165) is 17.5 Å². The predicted molar refractivity (Wildman–Crippen MR) is 105 cm³/mol. The first kappa shape index (κ1) is 18.7. The lowest BCUT2D eigenvalue weighted by Crippen LogP contribution is -2.10. The van der Waals surface area contributed by atoms with Gasteiger partial charge in [-0.3, -0.25) is 9.59 Å². The second kappa shape index (κ2) is 7.66. The van der Waals surface area contributed by atoms with Crippen LogP contribution in [-0.4, -0.2) is 13.1 Å². The second-order valence-corrected chi connectivity index (χ2v) is 6.39. The maximum absolute atomic E-state index is 13.2. The average Bonchev–Trinajstić information content (AvgIpc) is 2.63. The Bertz CT molecular complexity index is 1060. The van der Waals surface area contributed by atoms with Gasteiger partial charge in [-0.25, -0.2) is 0 Å². The number of benzene rings is 2. The van der Waals surface area contributed by atoms with Gasteiger partial charge in [-0.15, -0.1) is 0 Å². The van der Waals surface area contributed by atoms with Gasteiger partial charge in [0.2, 0.25) is 5.43 Å². The van der Waals surface area contributed by atoms with Crippen LogP contribution in [0.25, 0.3) is 22.1 Å². The summed E-state index contributed by atoms with van der Waals surface area (Å²) < 4.78 is 16.5. The molecule has 0 N–H and O–H groups in total. The molecule has 140 valence electrons. The van der Waals surface area contributed by atoms with Gasteiger partial charge in [0.15, 0.2) is 0 Å². The molecule has 5 nitrogen and oxygen atoms in total. The summed E-state index contributed by atoms with van der Waals surface area (Å²) in [4.78, 5) is 24.6. The summed E-state index contributed by atoms with van der Waals surface area (Å²) in [6, 6.07) is 10.7. The third-order valence-corrected chi connectivity index (χ3v) is 4.38. The summed E-state index contributed by atoms with van der Waals surface area (Å²) in [6.07, 6.45) is 1.56. The van der Waals surface area contributed by atoms with Gasteiger partial charge >= 0.3 is 5.97 Å². The zero-order chi connectivity index (χ0) is 19.6. The van der Waals surface area contributed by atoms with Gasteiger partial charge in [0, 0.05) is 13.0 Å². The van der Waals surface area contributed by atoms with Gasteiger partial charge in [0.1, 0.15) is 22.8 Å². The molecule has 2 aromatic carbocycles. The molecule has 3 rings (SSSR count). The van der Waals surface area contributed by atoms with E-state index in [1.807, 2.05) is 31.2 Å². The average molecular weight is 366 g/mol. The molecule has 5 heteroatoms. The Balaban J connectivity index is 2.26. The van der Waals surface area contributed by atoms with Crippen molar-refractivity contribution in [3.63, 3.8) is 0 Å². The van der Waals surface area contributed by atoms with Gasteiger partial charge in [0.05, 0.1) is 18.1 Å². The van der Waals surface area contributed by atoms with E-state index in [0.29, 0.717) is 40.2 Å². The second-order valence-electron chi connectivity index (χ2n) is 6.39. The van der Waals surface area contributed by atoms with Crippen LogP contribution >= 0.6 is 0 Å². The Morgan fingerprint density at radius 3 is 2.63 bits per heavy atom. The van der Waals surface area contributed by atoms with Crippen molar-refractivity contribution in [3.8, 4) is 22.6 Å². The van der Waals surface area contributed by atoms with Gasteiger partial charge in [0.25, 0.3) is 0 Å². The van der Waals surface area contributed by atoms with Crippen LogP contribution in [0, 0.1) is 6.92 Å². The third kappa shape index (κ3) is 3.72.